The number of halogens is 3. The summed E-state index contributed by atoms with van der Waals surface area (Å²) in [5, 5.41) is 3.83. The lowest BCUT2D eigenvalue weighted by atomic mass is 9.84. The molecule has 1 aliphatic rings. The minimum absolute atomic E-state index is 0.0279. The number of nitrogens with one attached hydrogen (secondary N) is 1. The molecule has 1 fully saturated rings. The molecule has 19 heavy (non-hydrogen) atoms. The maximum absolute atomic E-state index is 12.3. The molecule has 1 aliphatic carbocycles. The number of rotatable bonds is 4. The highest BCUT2D eigenvalue weighted by Crippen LogP contribution is 2.31. The normalized spacial score (nSPS) is 23.6. The van der Waals surface area contributed by atoms with E-state index in [0.717, 1.165) is 31.4 Å². The van der Waals surface area contributed by atoms with Gasteiger partial charge in [0.05, 0.1) is 5.69 Å². The highest BCUT2D eigenvalue weighted by molar-refractivity contribution is 6.33. The van der Waals surface area contributed by atoms with Crippen molar-refractivity contribution in [2.45, 2.75) is 51.5 Å². The van der Waals surface area contributed by atoms with Crippen LogP contribution in [0.4, 0.5) is 14.6 Å². The molecule has 0 unspecified atom stereocenters. The molecule has 1 saturated carbocycles. The predicted molar refractivity (Wildman–Crippen MR) is 71.8 cm³/mol. The Kier molecular flexibility index (Phi) is 4.91. The second kappa shape index (κ2) is 6.46. The average Bonchev–Trinajstić information content (AvgIpc) is 2.37. The van der Waals surface area contributed by atoms with Crippen LogP contribution in [0.3, 0.4) is 0 Å². The fraction of sp³-hybridized carbons (Fsp3) is 0.692. The van der Waals surface area contributed by atoms with E-state index in [2.05, 4.69) is 15.3 Å². The van der Waals surface area contributed by atoms with Crippen molar-refractivity contribution in [1.82, 2.24) is 9.97 Å². The first-order valence-corrected chi connectivity index (χ1v) is 6.96. The van der Waals surface area contributed by atoms with Crippen molar-refractivity contribution in [2.75, 3.05) is 5.32 Å². The van der Waals surface area contributed by atoms with Crippen LogP contribution in [0.1, 0.15) is 37.8 Å². The Morgan fingerprint density at radius 2 is 2.00 bits per heavy atom. The maximum atomic E-state index is 12.3. The maximum Gasteiger partial charge on any atom is 0.238 e. The molecular weight excluding hydrogens is 272 g/mol. The van der Waals surface area contributed by atoms with Crippen LogP contribution in [0, 0.1) is 12.8 Å². The summed E-state index contributed by atoms with van der Waals surface area (Å²) < 4.78 is 24.6. The highest BCUT2D eigenvalue weighted by atomic mass is 35.5. The third-order valence-electron chi connectivity index (χ3n) is 3.66. The standard InChI is InChI=1S/C13H18ClF2N3/c1-8-12(14)13(18-7-17-8)19-10-4-2-9(3-5-10)6-11(15)16/h7,9-11H,2-6H2,1H3,(H,17,18,19). The van der Waals surface area contributed by atoms with Gasteiger partial charge in [-0.1, -0.05) is 11.6 Å². The van der Waals surface area contributed by atoms with E-state index >= 15 is 0 Å². The molecule has 0 spiro atoms. The molecule has 0 bridgehead atoms. The van der Waals surface area contributed by atoms with Crippen molar-refractivity contribution < 1.29 is 8.78 Å². The first kappa shape index (κ1) is 14.4. The summed E-state index contributed by atoms with van der Waals surface area (Å²) >= 11 is 6.12. The van der Waals surface area contributed by atoms with Gasteiger partial charge in [0.15, 0.2) is 0 Å². The molecule has 1 heterocycles. The molecule has 106 valence electrons. The van der Waals surface area contributed by atoms with E-state index in [1.807, 2.05) is 6.92 Å². The number of hydrogen-bond donors (Lipinski definition) is 1. The van der Waals surface area contributed by atoms with E-state index in [-0.39, 0.29) is 18.4 Å². The summed E-state index contributed by atoms with van der Waals surface area (Å²) in [6, 6.07) is 0.265. The van der Waals surface area contributed by atoms with Crippen LogP contribution in [0.2, 0.25) is 5.02 Å². The summed E-state index contributed by atoms with van der Waals surface area (Å²) in [6.45, 7) is 1.83. The summed E-state index contributed by atoms with van der Waals surface area (Å²) in [4.78, 5) is 8.14. The van der Waals surface area contributed by atoms with Crippen LogP contribution in [0.5, 0.6) is 0 Å². The monoisotopic (exact) mass is 289 g/mol. The first-order chi connectivity index (χ1) is 9.06. The smallest absolute Gasteiger partial charge is 0.238 e. The molecule has 2 rings (SSSR count). The summed E-state index contributed by atoms with van der Waals surface area (Å²) in [6.07, 6.45) is 2.76. The van der Waals surface area contributed by atoms with Crippen LogP contribution in [0.25, 0.3) is 0 Å². The third kappa shape index (κ3) is 4.00. The van der Waals surface area contributed by atoms with Gasteiger partial charge in [-0.25, -0.2) is 18.7 Å². The van der Waals surface area contributed by atoms with Gasteiger partial charge in [-0.15, -0.1) is 0 Å². The van der Waals surface area contributed by atoms with Crippen LogP contribution >= 0.6 is 11.6 Å². The lowest BCUT2D eigenvalue weighted by Crippen LogP contribution is -2.27. The van der Waals surface area contributed by atoms with E-state index in [1.165, 1.54) is 6.33 Å². The summed E-state index contributed by atoms with van der Waals surface area (Å²) in [5.74, 6) is 0.798. The lowest BCUT2D eigenvalue weighted by Gasteiger charge is -2.29. The molecule has 0 aromatic carbocycles. The van der Waals surface area contributed by atoms with E-state index in [1.54, 1.807) is 0 Å². The van der Waals surface area contributed by atoms with Gasteiger partial charge in [0, 0.05) is 12.5 Å². The van der Waals surface area contributed by atoms with E-state index < -0.39 is 6.43 Å². The molecule has 1 aromatic heterocycles. The zero-order valence-electron chi connectivity index (χ0n) is 10.9. The number of hydrogen-bond acceptors (Lipinski definition) is 3. The van der Waals surface area contributed by atoms with Gasteiger partial charge in [0.2, 0.25) is 6.43 Å². The Morgan fingerprint density at radius 3 is 2.63 bits per heavy atom. The molecule has 1 aromatic rings. The van der Waals surface area contributed by atoms with Crippen molar-refractivity contribution in [3.05, 3.63) is 17.0 Å². The Balaban J connectivity index is 1.87. The predicted octanol–water partition coefficient (Wildman–Crippen LogP) is 4.06. The quantitative estimate of drug-likeness (QED) is 0.908. The van der Waals surface area contributed by atoms with Gasteiger partial charge >= 0.3 is 0 Å². The zero-order chi connectivity index (χ0) is 13.8. The fourth-order valence-corrected chi connectivity index (χ4v) is 2.70. The van der Waals surface area contributed by atoms with Crippen molar-refractivity contribution in [1.29, 1.82) is 0 Å². The van der Waals surface area contributed by atoms with Gasteiger partial charge in [-0.3, -0.25) is 0 Å². The third-order valence-corrected chi connectivity index (χ3v) is 4.12. The molecule has 0 aliphatic heterocycles. The van der Waals surface area contributed by atoms with Gasteiger partial charge in [0.25, 0.3) is 0 Å². The molecule has 0 amide bonds. The Hall–Kier alpha value is -0.970. The highest BCUT2D eigenvalue weighted by Gasteiger charge is 2.24. The Labute approximate surface area is 116 Å². The topological polar surface area (TPSA) is 37.8 Å². The van der Waals surface area contributed by atoms with Gasteiger partial charge in [-0.2, -0.15) is 0 Å². The molecule has 3 nitrogen and oxygen atoms in total. The number of nitrogens with zero attached hydrogens (tertiary/aromatic N) is 2. The number of anilines is 1. The van der Waals surface area contributed by atoms with Crippen LogP contribution in [-0.2, 0) is 0 Å². The van der Waals surface area contributed by atoms with Crippen molar-refractivity contribution in [3.63, 3.8) is 0 Å². The second-order valence-corrected chi connectivity index (χ2v) is 5.49. The number of aryl methyl sites for hydroxylation is 1. The van der Waals surface area contributed by atoms with Crippen molar-refractivity contribution in [3.8, 4) is 0 Å². The molecule has 6 heteroatoms. The largest absolute Gasteiger partial charge is 0.366 e. The number of alkyl halides is 2. The first-order valence-electron chi connectivity index (χ1n) is 6.58. The van der Waals surface area contributed by atoms with Crippen molar-refractivity contribution >= 4 is 17.4 Å². The van der Waals surface area contributed by atoms with Gasteiger partial charge in [0.1, 0.15) is 17.2 Å². The zero-order valence-corrected chi connectivity index (χ0v) is 11.6. The van der Waals surface area contributed by atoms with Crippen LogP contribution in [-0.4, -0.2) is 22.4 Å². The minimum atomic E-state index is -2.19. The van der Waals surface area contributed by atoms with Gasteiger partial charge in [-0.05, 0) is 38.5 Å². The second-order valence-electron chi connectivity index (χ2n) is 5.11. The van der Waals surface area contributed by atoms with E-state index in [0.29, 0.717) is 10.8 Å². The summed E-state index contributed by atoms with van der Waals surface area (Å²) in [7, 11) is 0. The minimum Gasteiger partial charge on any atom is -0.366 e. The number of aromatic nitrogens is 2. The van der Waals surface area contributed by atoms with Crippen molar-refractivity contribution in [2.24, 2.45) is 5.92 Å². The molecular formula is C13H18ClF2N3. The molecule has 0 saturated heterocycles. The Morgan fingerprint density at radius 1 is 1.32 bits per heavy atom. The molecule has 0 radical (unpaired) electrons. The van der Waals surface area contributed by atoms with Gasteiger partial charge < -0.3 is 5.32 Å². The van der Waals surface area contributed by atoms with E-state index in [4.69, 9.17) is 11.6 Å². The van der Waals surface area contributed by atoms with Crippen LogP contribution < -0.4 is 5.32 Å². The average molecular weight is 290 g/mol. The molecule has 1 N–H and O–H groups in total. The van der Waals surface area contributed by atoms with E-state index in [9.17, 15) is 8.78 Å². The lowest BCUT2D eigenvalue weighted by molar-refractivity contribution is 0.103. The SMILES string of the molecule is Cc1ncnc(NC2CCC(CC(F)F)CC2)c1Cl. The molecule has 0 atom stereocenters. The fourth-order valence-electron chi connectivity index (χ4n) is 2.55. The summed E-state index contributed by atoms with van der Waals surface area (Å²) in [5.41, 5.74) is 0.741. The Bertz CT molecular complexity index is 420. The van der Waals surface area contributed by atoms with Crippen LogP contribution in [0.15, 0.2) is 6.33 Å².